The predicted octanol–water partition coefficient (Wildman–Crippen LogP) is 1.63. The lowest BCUT2D eigenvalue weighted by molar-refractivity contribution is 1.19. The molecule has 1 nitrogen and oxygen atoms in total. The van der Waals surface area contributed by atoms with Crippen molar-refractivity contribution in [2.45, 2.75) is 6.92 Å². The van der Waals surface area contributed by atoms with Crippen molar-refractivity contribution in [2.75, 3.05) is 6.54 Å². The third kappa shape index (κ3) is 5.04. The Bertz CT molecular complexity index is 143. The van der Waals surface area contributed by atoms with Gasteiger partial charge in [0.1, 0.15) is 0 Å². The number of rotatable bonds is 3. The van der Waals surface area contributed by atoms with Gasteiger partial charge in [-0.15, -0.1) is 0 Å². The zero-order valence-corrected chi connectivity index (χ0v) is 5.85. The molecule has 0 atom stereocenters. The molecule has 0 aliphatic heterocycles. The molecule has 0 fully saturated rings. The summed E-state index contributed by atoms with van der Waals surface area (Å²) in [7, 11) is 0. The number of nitrogens with two attached hydrogens (primary N) is 1. The van der Waals surface area contributed by atoms with Crippen LogP contribution in [0.3, 0.4) is 0 Å². The molecule has 0 aromatic rings. The van der Waals surface area contributed by atoms with E-state index in [2.05, 4.69) is 13.2 Å². The van der Waals surface area contributed by atoms with Gasteiger partial charge in [-0.05, 0) is 12.5 Å². The lowest BCUT2D eigenvalue weighted by atomic mass is 10.2. The summed E-state index contributed by atoms with van der Waals surface area (Å²) in [4.78, 5) is 0. The Hall–Kier alpha value is -0.820. The molecule has 0 saturated heterocycles. The summed E-state index contributed by atoms with van der Waals surface area (Å²) >= 11 is 0. The van der Waals surface area contributed by atoms with Crippen molar-refractivity contribution in [1.29, 1.82) is 0 Å². The Morgan fingerprint density at radius 3 is 2.33 bits per heavy atom. The molecule has 50 valence electrons. The second-order valence-corrected chi connectivity index (χ2v) is 2.04. The van der Waals surface area contributed by atoms with Crippen molar-refractivity contribution in [1.82, 2.24) is 0 Å². The van der Waals surface area contributed by atoms with E-state index in [1.54, 1.807) is 0 Å². The zero-order valence-electron chi connectivity index (χ0n) is 5.85. The Morgan fingerprint density at radius 2 is 2.00 bits per heavy atom. The van der Waals surface area contributed by atoms with Gasteiger partial charge in [0.2, 0.25) is 0 Å². The van der Waals surface area contributed by atoms with E-state index in [-0.39, 0.29) is 0 Å². The van der Waals surface area contributed by atoms with Gasteiger partial charge in [0.25, 0.3) is 0 Å². The van der Waals surface area contributed by atoms with Crippen molar-refractivity contribution in [2.24, 2.45) is 5.73 Å². The largest absolute Gasteiger partial charge is 0.327 e. The maximum absolute atomic E-state index is 5.28. The highest BCUT2D eigenvalue weighted by Gasteiger charge is 1.79. The molecule has 0 heterocycles. The molecule has 0 radical (unpaired) electrons. The molecule has 0 saturated carbocycles. The van der Waals surface area contributed by atoms with Crippen LogP contribution >= 0.6 is 0 Å². The van der Waals surface area contributed by atoms with E-state index in [1.807, 2.05) is 19.1 Å². The quantitative estimate of drug-likeness (QED) is 0.567. The SMILES string of the molecule is C=C(C)/C=C\C(=C)CN. The van der Waals surface area contributed by atoms with Crippen molar-refractivity contribution in [3.8, 4) is 0 Å². The Labute approximate surface area is 56.6 Å². The summed E-state index contributed by atoms with van der Waals surface area (Å²) in [6, 6.07) is 0. The highest BCUT2D eigenvalue weighted by Crippen LogP contribution is 1.94. The van der Waals surface area contributed by atoms with Gasteiger partial charge in [-0.2, -0.15) is 0 Å². The van der Waals surface area contributed by atoms with Crippen molar-refractivity contribution in [3.63, 3.8) is 0 Å². The van der Waals surface area contributed by atoms with Gasteiger partial charge < -0.3 is 5.73 Å². The summed E-state index contributed by atoms with van der Waals surface area (Å²) < 4.78 is 0. The zero-order chi connectivity index (χ0) is 7.28. The van der Waals surface area contributed by atoms with Gasteiger partial charge in [-0.25, -0.2) is 0 Å². The first-order valence-corrected chi connectivity index (χ1v) is 2.88. The third-order valence-electron chi connectivity index (χ3n) is 0.866. The Kier molecular flexibility index (Phi) is 3.72. The lowest BCUT2D eigenvalue weighted by Gasteiger charge is -1.90. The van der Waals surface area contributed by atoms with Crippen LogP contribution < -0.4 is 5.73 Å². The maximum atomic E-state index is 5.28. The van der Waals surface area contributed by atoms with Gasteiger partial charge in [-0.3, -0.25) is 0 Å². The van der Waals surface area contributed by atoms with E-state index in [0.717, 1.165) is 11.1 Å². The fourth-order valence-corrected chi connectivity index (χ4v) is 0.328. The minimum atomic E-state index is 0.518. The smallest absolute Gasteiger partial charge is 0.0172 e. The summed E-state index contributed by atoms with van der Waals surface area (Å²) in [6.07, 6.45) is 3.78. The molecule has 0 aliphatic carbocycles. The van der Waals surface area contributed by atoms with Crippen molar-refractivity contribution >= 4 is 0 Å². The normalized spacial score (nSPS) is 10.0. The predicted molar refractivity (Wildman–Crippen MR) is 42.1 cm³/mol. The van der Waals surface area contributed by atoms with E-state index in [4.69, 9.17) is 5.73 Å². The third-order valence-corrected chi connectivity index (χ3v) is 0.866. The topological polar surface area (TPSA) is 26.0 Å². The molecule has 0 amide bonds. The molecule has 9 heavy (non-hydrogen) atoms. The van der Waals surface area contributed by atoms with Gasteiger partial charge in [0, 0.05) is 6.54 Å². The van der Waals surface area contributed by atoms with Crippen LogP contribution in [0, 0.1) is 0 Å². The molecule has 0 aromatic heterocycles. The standard InChI is InChI=1S/C8H13N/c1-7(2)4-5-8(3)6-9/h4-5H,1,3,6,9H2,2H3/b5-4-. The monoisotopic (exact) mass is 123 g/mol. The van der Waals surface area contributed by atoms with E-state index in [9.17, 15) is 0 Å². The number of allylic oxidation sites excluding steroid dienone is 2. The van der Waals surface area contributed by atoms with Crippen LogP contribution in [-0.4, -0.2) is 6.54 Å². The van der Waals surface area contributed by atoms with Crippen LogP contribution in [0.4, 0.5) is 0 Å². The maximum Gasteiger partial charge on any atom is 0.0172 e. The lowest BCUT2D eigenvalue weighted by Crippen LogP contribution is -1.98. The minimum absolute atomic E-state index is 0.518. The molecular formula is C8H13N. The second kappa shape index (κ2) is 4.10. The van der Waals surface area contributed by atoms with E-state index in [1.165, 1.54) is 0 Å². The molecule has 2 N–H and O–H groups in total. The Morgan fingerprint density at radius 1 is 1.44 bits per heavy atom. The summed E-state index contributed by atoms with van der Waals surface area (Å²) in [6.45, 7) is 9.83. The van der Waals surface area contributed by atoms with Crippen LogP contribution in [0.1, 0.15) is 6.92 Å². The van der Waals surface area contributed by atoms with E-state index in [0.29, 0.717) is 6.54 Å². The van der Waals surface area contributed by atoms with E-state index < -0.39 is 0 Å². The van der Waals surface area contributed by atoms with Crippen LogP contribution in [0.15, 0.2) is 36.5 Å². The average Bonchev–Trinajstić information content (AvgIpc) is 1.83. The van der Waals surface area contributed by atoms with Crippen molar-refractivity contribution < 1.29 is 0 Å². The molecule has 1 heteroatoms. The number of hydrogen-bond donors (Lipinski definition) is 1. The molecule has 0 aromatic carbocycles. The highest BCUT2D eigenvalue weighted by molar-refractivity contribution is 5.23. The molecule has 0 spiro atoms. The first kappa shape index (κ1) is 8.18. The first-order valence-electron chi connectivity index (χ1n) is 2.88. The molecular weight excluding hydrogens is 110 g/mol. The summed E-state index contributed by atoms with van der Waals surface area (Å²) in [5.41, 5.74) is 7.22. The van der Waals surface area contributed by atoms with Gasteiger partial charge in [-0.1, -0.05) is 30.9 Å². The molecule has 0 bridgehead atoms. The van der Waals surface area contributed by atoms with Crippen LogP contribution in [-0.2, 0) is 0 Å². The molecule has 0 rings (SSSR count). The van der Waals surface area contributed by atoms with Crippen LogP contribution in [0.5, 0.6) is 0 Å². The molecule has 0 aliphatic rings. The number of hydrogen-bond acceptors (Lipinski definition) is 1. The van der Waals surface area contributed by atoms with Gasteiger partial charge in [0.15, 0.2) is 0 Å². The van der Waals surface area contributed by atoms with Gasteiger partial charge in [0.05, 0.1) is 0 Å². The van der Waals surface area contributed by atoms with Crippen LogP contribution in [0.2, 0.25) is 0 Å². The fourth-order valence-electron chi connectivity index (χ4n) is 0.328. The first-order chi connectivity index (χ1) is 4.16. The average molecular weight is 123 g/mol. The second-order valence-electron chi connectivity index (χ2n) is 2.04. The Balaban J connectivity index is 3.71. The summed E-state index contributed by atoms with van der Waals surface area (Å²) in [5.74, 6) is 0. The minimum Gasteiger partial charge on any atom is -0.327 e. The van der Waals surface area contributed by atoms with Gasteiger partial charge >= 0.3 is 0 Å². The van der Waals surface area contributed by atoms with E-state index >= 15 is 0 Å². The van der Waals surface area contributed by atoms with Crippen molar-refractivity contribution in [3.05, 3.63) is 36.5 Å². The highest BCUT2D eigenvalue weighted by atomic mass is 14.5. The fraction of sp³-hybridized carbons (Fsp3) is 0.250. The molecule has 0 unspecified atom stereocenters. The summed E-state index contributed by atoms with van der Waals surface area (Å²) in [5, 5.41) is 0. The van der Waals surface area contributed by atoms with Crippen LogP contribution in [0.25, 0.3) is 0 Å².